The van der Waals surface area contributed by atoms with Crippen LogP contribution in [0.4, 0.5) is 0 Å². The number of carbonyl (C=O) groups excluding carboxylic acids is 1. The number of rotatable bonds is 4. The van der Waals surface area contributed by atoms with Crippen LogP contribution in [0, 0.1) is 16.7 Å². The predicted molar refractivity (Wildman–Crippen MR) is 75.1 cm³/mol. The van der Waals surface area contributed by atoms with E-state index in [9.17, 15) is 4.79 Å². The van der Waals surface area contributed by atoms with E-state index in [1.165, 1.54) is 12.1 Å². The number of nitriles is 1. The Kier molecular flexibility index (Phi) is 3.86. The minimum Gasteiger partial charge on any atom is -0.490 e. The number of esters is 1. The average molecular weight is 314 g/mol. The summed E-state index contributed by atoms with van der Waals surface area (Å²) in [5, 5.41) is 8.86. The molecule has 4 nitrogen and oxygen atoms in total. The van der Waals surface area contributed by atoms with Crippen molar-refractivity contribution < 1.29 is 14.3 Å². The first-order chi connectivity index (χ1) is 9.34. The Morgan fingerprint density at radius 3 is 2.60 bits per heavy atom. The molecule has 0 N–H and O–H groups in total. The van der Waals surface area contributed by atoms with Gasteiger partial charge in [0.1, 0.15) is 9.75 Å². The number of carbonyl (C=O) groups is 1. The van der Waals surface area contributed by atoms with E-state index in [0.29, 0.717) is 24.3 Å². The normalized spacial score (nSPS) is 22.8. The van der Waals surface area contributed by atoms with Gasteiger partial charge in [-0.3, -0.25) is 4.79 Å². The highest BCUT2D eigenvalue weighted by Crippen LogP contribution is 2.64. The second-order valence-corrected chi connectivity index (χ2v) is 6.29. The second-order valence-electron chi connectivity index (χ2n) is 4.81. The zero-order valence-electron chi connectivity index (χ0n) is 11.1. The Hall–Kier alpha value is -1.44. The molecule has 2 rings (SSSR count). The first kappa shape index (κ1) is 15.0. The first-order valence-electron chi connectivity index (χ1n) is 6.11. The molecule has 0 spiro atoms. The fourth-order valence-electron chi connectivity index (χ4n) is 1.76. The van der Waals surface area contributed by atoms with E-state index < -0.39 is 15.7 Å². The lowest BCUT2D eigenvalue weighted by molar-refractivity contribution is -0.140. The SMILES string of the molecule is CCOc1cc(C#N)ccc1OC(=O)[C@]1(C)CC1(Cl)Cl. The molecule has 0 heterocycles. The molecule has 0 bridgehead atoms. The van der Waals surface area contributed by atoms with Gasteiger partial charge in [-0.05, 0) is 26.0 Å². The van der Waals surface area contributed by atoms with Gasteiger partial charge in [0.2, 0.25) is 0 Å². The van der Waals surface area contributed by atoms with Crippen molar-refractivity contribution in [2.24, 2.45) is 5.41 Å². The third kappa shape index (κ3) is 2.56. The van der Waals surface area contributed by atoms with Gasteiger partial charge in [0.15, 0.2) is 11.5 Å². The van der Waals surface area contributed by atoms with Crippen molar-refractivity contribution in [1.82, 2.24) is 0 Å². The third-order valence-corrected chi connectivity index (χ3v) is 4.39. The van der Waals surface area contributed by atoms with Crippen LogP contribution in [0.2, 0.25) is 0 Å². The molecule has 106 valence electrons. The summed E-state index contributed by atoms with van der Waals surface area (Å²) in [6.07, 6.45) is 0.349. The maximum absolute atomic E-state index is 12.1. The summed E-state index contributed by atoms with van der Waals surface area (Å²) in [5.41, 5.74) is -0.483. The molecule has 0 amide bonds. The Bertz CT molecular complexity index is 595. The molecule has 6 heteroatoms. The zero-order chi connectivity index (χ0) is 15.0. The van der Waals surface area contributed by atoms with Crippen LogP contribution in [0.5, 0.6) is 11.5 Å². The third-order valence-electron chi connectivity index (χ3n) is 3.28. The molecule has 0 unspecified atom stereocenters. The van der Waals surface area contributed by atoms with Gasteiger partial charge in [0.25, 0.3) is 0 Å². The van der Waals surface area contributed by atoms with Gasteiger partial charge in [0, 0.05) is 12.5 Å². The van der Waals surface area contributed by atoms with Crippen LogP contribution >= 0.6 is 23.2 Å². The van der Waals surface area contributed by atoms with Gasteiger partial charge in [-0.25, -0.2) is 0 Å². The number of halogens is 2. The van der Waals surface area contributed by atoms with Crippen molar-refractivity contribution >= 4 is 29.2 Å². The van der Waals surface area contributed by atoms with Gasteiger partial charge < -0.3 is 9.47 Å². The van der Waals surface area contributed by atoms with E-state index in [1.54, 1.807) is 19.9 Å². The largest absolute Gasteiger partial charge is 0.490 e. The van der Waals surface area contributed by atoms with Crippen molar-refractivity contribution in [3.8, 4) is 17.6 Å². The zero-order valence-corrected chi connectivity index (χ0v) is 12.6. The van der Waals surface area contributed by atoms with Crippen LogP contribution in [-0.4, -0.2) is 16.9 Å². The van der Waals surface area contributed by atoms with Crippen molar-refractivity contribution in [2.75, 3.05) is 6.61 Å². The summed E-state index contributed by atoms with van der Waals surface area (Å²) in [5.74, 6) is 0.0974. The molecule has 0 saturated heterocycles. The lowest BCUT2D eigenvalue weighted by atomic mass is 10.1. The summed E-state index contributed by atoms with van der Waals surface area (Å²) in [6, 6.07) is 6.60. The van der Waals surface area contributed by atoms with Gasteiger partial charge >= 0.3 is 5.97 Å². The number of benzene rings is 1. The molecule has 1 aliphatic rings. The molecule has 0 aromatic heterocycles. The van der Waals surface area contributed by atoms with Crippen molar-refractivity contribution in [3.05, 3.63) is 23.8 Å². The Balaban J connectivity index is 2.22. The number of hydrogen-bond acceptors (Lipinski definition) is 4. The Labute approximate surface area is 127 Å². The molecule has 20 heavy (non-hydrogen) atoms. The van der Waals surface area contributed by atoms with Gasteiger partial charge in [0.05, 0.1) is 18.2 Å². The van der Waals surface area contributed by atoms with Crippen molar-refractivity contribution in [1.29, 1.82) is 5.26 Å². The van der Waals surface area contributed by atoms with Crippen molar-refractivity contribution in [3.63, 3.8) is 0 Å². The Morgan fingerprint density at radius 1 is 1.45 bits per heavy atom. The van der Waals surface area contributed by atoms with Crippen LogP contribution in [-0.2, 0) is 4.79 Å². The summed E-state index contributed by atoms with van der Waals surface area (Å²) < 4.78 is 9.61. The minimum atomic E-state index is -1.08. The standard InChI is InChI=1S/C14H13Cl2NO3/c1-3-19-11-6-9(7-17)4-5-10(11)20-12(18)13(2)8-14(13,15)16/h4-6H,3,8H2,1-2H3/t13-/m0/s1. The molecule has 1 aliphatic carbocycles. The summed E-state index contributed by atoms with van der Waals surface area (Å²) in [4.78, 5) is 12.1. The number of hydrogen-bond donors (Lipinski definition) is 0. The molecule has 1 aromatic rings. The van der Waals surface area contributed by atoms with E-state index in [1.807, 2.05) is 6.07 Å². The molecule has 1 fully saturated rings. The van der Waals surface area contributed by atoms with Crippen molar-refractivity contribution in [2.45, 2.75) is 24.6 Å². The van der Waals surface area contributed by atoms with E-state index in [0.717, 1.165) is 0 Å². The topological polar surface area (TPSA) is 59.3 Å². The van der Waals surface area contributed by atoms with Gasteiger partial charge in [-0.2, -0.15) is 5.26 Å². The molecule has 1 atom stereocenters. The molecule has 1 saturated carbocycles. The van der Waals surface area contributed by atoms with Gasteiger partial charge in [-0.1, -0.05) is 0 Å². The van der Waals surface area contributed by atoms with E-state index in [2.05, 4.69) is 0 Å². The maximum Gasteiger partial charge on any atom is 0.320 e. The van der Waals surface area contributed by atoms with E-state index in [-0.39, 0.29) is 5.75 Å². The molecular weight excluding hydrogens is 301 g/mol. The summed E-state index contributed by atoms with van der Waals surface area (Å²) in [7, 11) is 0. The fourth-order valence-corrected chi connectivity index (χ4v) is 2.45. The lowest BCUT2D eigenvalue weighted by Gasteiger charge is -2.14. The Morgan fingerprint density at radius 2 is 2.10 bits per heavy atom. The van der Waals surface area contributed by atoms with Crippen LogP contribution in [0.15, 0.2) is 18.2 Å². The highest BCUT2D eigenvalue weighted by Gasteiger charge is 2.69. The fraction of sp³-hybridized carbons (Fsp3) is 0.429. The second kappa shape index (κ2) is 5.16. The monoisotopic (exact) mass is 313 g/mol. The average Bonchev–Trinajstić information content (AvgIpc) is 2.92. The molecule has 0 radical (unpaired) electrons. The van der Waals surface area contributed by atoms with Crippen LogP contribution < -0.4 is 9.47 Å². The smallest absolute Gasteiger partial charge is 0.320 e. The van der Waals surface area contributed by atoms with Crippen LogP contribution in [0.25, 0.3) is 0 Å². The summed E-state index contributed by atoms with van der Waals surface area (Å²) in [6.45, 7) is 3.85. The van der Waals surface area contributed by atoms with Crippen LogP contribution in [0.3, 0.4) is 0 Å². The number of nitrogens with zero attached hydrogens (tertiary/aromatic N) is 1. The minimum absolute atomic E-state index is 0.258. The summed E-state index contributed by atoms with van der Waals surface area (Å²) >= 11 is 11.9. The first-order valence-corrected chi connectivity index (χ1v) is 6.86. The van der Waals surface area contributed by atoms with Gasteiger partial charge in [-0.15, -0.1) is 23.2 Å². The highest BCUT2D eigenvalue weighted by atomic mass is 35.5. The lowest BCUT2D eigenvalue weighted by Crippen LogP contribution is -2.24. The number of alkyl halides is 2. The van der Waals surface area contributed by atoms with Crippen LogP contribution in [0.1, 0.15) is 25.8 Å². The quantitative estimate of drug-likeness (QED) is 0.485. The highest BCUT2D eigenvalue weighted by molar-refractivity contribution is 6.53. The predicted octanol–water partition coefficient (Wildman–Crippen LogP) is 3.45. The molecule has 1 aromatic carbocycles. The number of ether oxygens (including phenoxy) is 2. The van der Waals surface area contributed by atoms with E-state index in [4.69, 9.17) is 37.9 Å². The molecule has 0 aliphatic heterocycles. The molecular formula is C14H13Cl2NO3. The maximum atomic E-state index is 12.1. The van der Waals surface area contributed by atoms with E-state index >= 15 is 0 Å².